The SMILES string of the molecule is CC(C)(C)[Si](C)(C)OCc1ccc(C(=O)OCCCc2cccc(C3(C(=O)O[C@H]4CN5CCC4CC5)CCCCC3)c2)cn1. The van der Waals surface area contributed by atoms with Crippen LogP contribution in [0.3, 0.4) is 0 Å². The van der Waals surface area contributed by atoms with Gasteiger partial charge in [-0.15, -0.1) is 0 Å². The number of pyridine rings is 1. The van der Waals surface area contributed by atoms with Crippen molar-refractivity contribution in [2.75, 3.05) is 26.2 Å². The number of fused-ring (bicyclic) bond motifs is 3. The highest BCUT2D eigenvalue weighted by Gasteiger charge is 2.46. The third-order valence-corrected chi connectivity index (χ3v) is 15.2. The summed E-state index contributed by atoms with van der Waals surface area (Å²) in [6, 6.07) is 12.1. The van der Waals surface area contributed by atoms with Crippen LogP contribution in [-0.2, 0) is 37.1 Å². The summed E-state index contributed by atoms with van der Waals surface area (Å²) in [5.74, 6) is 0.127. The Morgan fingerprint density at radius 1 is 1.05 bits per heavy atom. The van der Waals surface area contributed by atoms with Gasteiger partial charge in [-0.1, -0.05) is 64.3 Å². The largest absolute Gasteiger partial charge is 0.462 e. The lowest BCUT2D eigenvalue weighted by Crippen LogP contribution is -2.53. The molecule has 0 radical (unpaired) electrons. The first-order valence-corrected chi connectivity index (χ1v) is 19.7. The fourth-order valence-corrected chi connectivity index (χ4v) is 7.65. The van der Waals surface area contributed by atoms with Crippen LogP contribution >= 0.6 is 0 Å². The maximum atomic E-state index is 13.9. The molecule has 4 heterocycles. The monoisotopic (exact) mass is 620 g/mol. The van der Waals surface area contributed by atoms with Crippen molar-refractivity contribution in [2.45, 2.75) is 115 Å². The number of piperidine rings is 3. The molecule has 0 amide bonds. The van der Waals surface area contributed by atoms with Gasteiger partial charge in [-0.25, -0.2) is 4.79 Å². The molecule has 0 unspecified atom stereocenters. The van der Waals surface area contributed by atoms with E-state index in [1.807, 2.05) is 6.07 Å². The summed E-state index contributed by atoms with van der Waals surface area (Å²) >= 11 is 0. The number of hydrogen-bond acceptors (Lipinski definition) is 7. The van der Waals surface area contributed by atoms with Crippen LogP contribution in [0, 0.1) is 5.92 Å². The molecule has 4 fully saturated rings. The maximum absolute atomic E-state index is 13.9. The molecule has 1 atom stereocenters. The van der Waals surface area contributed by atoms with E-state index in [2.05, 4.69) is 68.0 Å². The van der Waals surface area contributed by atoms with Gasteiger partial charge in [0.1, 0.15) is 6.10 Å². The van der Waals surface area contributed by atoms with Crippen LogP contribution in [0.1, 0.15) is 99.3 Å². The maximum Gasteiger partial charge on any atom is 0.339 e. The Morgan fingerprint density at radius 3 is 2.43 bits per heavy atom. The number of hydrogen-bond donors (Lipinski definition) is 0. The molecule has 0 N–H and O–H groups in total. The molecular weight excluding hydrogens is 568 g/mol. The lowest BCUT2D eigenvalue weighted by atomic mass is 9.69. The summed E-state index contributed by atoms with van der Waals surface area (Å²) in [6.07, 6.45) is 10.3. The summed E-state index contributed by atoms with van der Waals surface area (Å²) in [4.78, 5) is 33.4. The molecule has 6 rings (SSSR count). The van der Waals surface area contributed by atoms with Crippen LogP contribution in [0.4, 0.5) is 0 Å². The number of benzene rings is 1. The van der Waals surface area contributed by atoms with E-state index in [9.17, 15) is 9.59 Å². The molecule has 44 heavy (non-hydrogen) atoms. The smallest absolute Gasteiger partial charge is 0.339 e. The van der Waals surface area contributed by atoms with Gasteiger partial charge in [0, 0.05) is 12.7 Å². The summed E-state index contributed by atoms with van der Waals surface area (Å²) < 4.78 is 18.2. The highest BCUT2D eigenvalue weighted by atomic mass is 28.4. The topological polar surface area (TPSA) is 78.0 Å². The van der Waals surface area contributed by atoms with Gasteiger partial charge in [-0.3, -0.25) is 14.7 Å². The minimum absolute atomic E-state index is 0.0202. The Morgan fingerprint density at radius 2 is 1.80 bits per heavy atom. The van der Waals surface area contributed by atoms with Gasteiger partial charge in [0.25, 0.3) is 0 Å². The van der Waals surface area contributed by atoms with Gasteiger partial charge in [0.05, 0.1) is 29.9 Å². The van der Waals surface area contributed by atoms with Crippen molar-refractivity contribution >= 4 is 20.3 Å². The van der Waals surface area contributed by atoms with Crippen molar-refractivity contribution in [1.29, 1.82) is 0 Å². The van der Waals surface area contributed by atoms with Gasteiger partial charge in [0.15, 0.2) is 8.32 Å². The van der Waals surface area contributed by atoms with Crippen LogP contribution in [0.25, 0.3) is 0 Å². The molecule has 240 valence electrons. The van der Waals surface area contributed by atoms with E-state index in [-0.39, 0.29) is 23.1 Å². The Bertz CT molecular complexity index is 1270. The van der Waals surface area contributed by atoms with E-state index >= 15 is 0 Å². The van der Waals surface area contributed by atoms with Crippen molar-refractivity contribution in [3.63, 3.8) is 0 Å². The highest BCUT2D eigenvalue weighted by molar-refractivity contribution is 6.74. The molecule has 1 saturated carbocycles. The average molecular weight is 621 g/mol. The predicted molar refractivity (Wildman–Crippen MR) is 175 cm³/mol. The van der Waals surface area contributed by atoms with Crippen molar-refractivity contribution in [2.24, 2.45) is 5.92 Å². The van der Waals surface area contributed by atoms with Gasteiger partial charge in [-0.05, 0) is 98.9 Å². The molecule has 4 aliphatic rings. The van der Waals surface area contributed by atoms with E-state index in [4.69, 9.17) is 13.9 Å². The van der Waals surface area contributed by atoms with Crippen LogP contribution in [0.2, 0.25) is 18.1 Å². The normalized spacial score (nSPS) is 23.2. The van der Waals surface area contributed by atoms with Crippen LogP contribution < -0.4 is 0 Å². The fraction of sp³-hybridized carbons (Fsp3) is 0.639. The Kier molecular flexibility index (Phi) is 10.3. The Labute approximate surface area is 265 Å². The molecule has 8 heteroatoms. The number of carbonyl (C=O) groups excluding carboxylic acids is 2. The first-order chi connectivity index (χ1) is 21.0. The Balaban J connectivity index is 1.13. The standard InChI is InChI=1S/C36H52N2O5Si/c1-35(2,3)44(4,5)42-26-31-15-14-29(24-37-31)33(39)41-22-10-12-27-11-9-13-30(23-27)36(18-7-6-8-19-36)34(40)43-32-25-38-20-16-28(32)17-21-38/h9,11,13-15,23-24,28,32H,6-8,10,12,16-22,25-26H2,1-5H3/t32-/m0/s1. The van der Waals surface area contributed by atoms with Crippen molar-refractivity contribution in [1.82, 2.24) is 9.88 Å². The third-order valence-electron chi connectivity index (χ3n) is 10.7. The van der Waals surface area contributed by atoms with E-state index in [1.165, 1.54) is 6.42 Å². The van der Waals surface area contributed by atoms with Crippen molar-refractivity contribution in [3.05, 3.63) is 65.0 Å². The lowest BCUT2D eigenvalue weighted by molar-refractivity contribution is -0.167. The van der Waals surface area contributed by atoms with E-state index in [0.717, 1.165) is 81.4 Å². The minimum Gasteiger partial charge on any atom is -0.462 e. The molecule has 2 aromatic rings. The molecule has 1 aliphatic carbocycles. The predicted octanol–water partition coefficient (Wildman–Crippen LogP) is 7.23. The molecule has 3 saturated heterocycles. The minimum atomic E-state index is -1.86. The van der Waals surface area contributed by atoms with Crippen LogP contribution in [0.5, 0.6) is 0 Å². The molecular formula is C36H52N2O5Si. The number of aromatic nitrogens is 1. The zero-order valence-corrected chi connectivity index (χ0v) is 28.5. The first-order valence-electron chi connectivity index (χ1n) is 16.8. The second kappa shape index (κ2) is 13.8. The number of aryl methyl sites for hydroxylation is 1. The molecule has 0 spiro atoms. The summed E-state index contributed by atoms with van der Waals surface area (Å²) in [5.41, 5.74) is 2.95. The van der Waals surface area contributed by atoms with Gasteiger partial charge < -0.3 is 13.9 Å². The number of nitrogens with zero attached hydrogens (tertiary/aromatic N) is 2. The summed E-state index contributed by atoms with van der Waals surface area (Å²) in [6.45, 7) is 15.0. The molecule has 1 aromatic heterocycles. The van der Waals surface area contributed by atoms with E-state index in [1.54, 1.807) is 12.3 Å². The van der Waals surface area contributed by atoms with Gasteiger partial charge in [-0.2, -0.15) is 0 Å². The van der Waals surface area contributed by atoms with Gasteiger partial charge in [0.2, 0.25) is 0 Å². The zero-order valence-electron chi connectivity index (χ0n) is 27.5. The van der Waals surface area contributed by atoms with Crippen molar-refractivity contribution in [3.8, 4) is 0 Å². The summed E-state index contributed by atoms with van der Waals surface area (Å²) in [7, 11) is -1.86. The second-order valence-corrected chi connectivity index (χ2v) is 19.6. The Hall–Kier alpha value is -2.55. The number of rotatable bonds is 11. The number of ether oxygens (including phenoxy) is 2. The van der Waals surface area contributed by atoms with E-state index in [0.29, 0.717) is 31.1 Å². The van der Waals surface area contributed by atoms with Crippen molar-refractivity contribution < 1.29 is 23.5 Å². The molecule has 7 nitrogen and oxygen atoms in total. The average Bonchev–Trinajstić information content (AvgIpc) is 3.03. The second-order valence-electron chi connectivity index (χ2n) is 14.8. The van der Waals surface area contributed by atoms with Gasteiger partial charge >= 0.3 is 11.9 Å². The number of carbonyl (C=O) groups is 2. The summed E-state index contributed by atoms with van der Waals surface area (Å²) in [5, 5.41) is 0.133. The molecule has 2 bridgehead atoms. The fourth-order valence-electron chi connectivity index (χ4n) is 6.71. The quantitative estimate of drug-likeness (QED) is 0.149. The zero-order chi connectivity index (χ0) is 31.4. The van der Waals surface area contributed by atoms with Crippen LogP contribution in [0.15, 0.2) is 42.6 Å². The first kappa shape index (κ1) is 32.8. The van der Waals surface area contributed by atoms with E-state index < -0.39 is 13.7 Å². The number of esters is 2. The highest BCUT2D eigenvalue weighted by Crippen LogP contribution is 2.42. The molecule has 1 aromatic carbocycles. The third kappa shape index (κ3) is 7.63. The lowest BCUT2D eigenvalue weighted by Gasteiger charge is -2.45. The van der Waals surface area contributed by atoms with Crippen LogP contribution in [-0.4, -0.2) is 62.5 Å². The molecule has 3 aliphatic heterocycles.